The van der Waals surface area contributed by atoms with Gasteiger partial charge in [-0.3, -0.25) is 4.79 Å². The summed E-state index contributed by atoms with van der Waals surface area (Å²) in [6.07, 6.45) is 1.19. The number of rotatable bonds is 6. The number of sulfonamides is 1. The van der Waals surface area contributed by atoms with Gasteiger partial charge in [0.1, 0.15) is 4.21 Å². The van der Waals surface area contributed by atoms with Crippen LogP contribution >= 0.6 is 22.9 Å². The van der Waals surface area contributed by atoms with Crippen molar-refractivity contribution in [2.75, 3.05) is 26.2 Å². The Morgan fingerprint density at radius 2 is 2.12 bits per heavy atom. The van der Waals surface area contributed by atoms with Crippen LogP contribution in [0, 0.1) is 5.92 Å². The summed E-state index contributed by atoms with van der Waals surface area (Å²) in [5, 5.41) is 11.6. The maximum Gasteiger partial charge on any atom is 0.317 e. The molecule has 24 heavy (non-hydrogen) atoms. The van der Waals surface area contributed by atoms with Crippen LogP contribution < -0.4 is 10.0 Å². The Morgan fingerprint density at radius 1 is 1.38 bits per heavy atom. The first kappa shape index (κ1) is 19.0. The van der Waals surface area contributed by atoms with Crippen LogP contribution in [0.15, 0.2) is 16.3 Å². The molecule has 1 saturated heterocycles. The van der Waals surface area contributed by atoms with Crippen molar-refractivity contribution in [2.24, 2.45) is 5.92 Å². The average Bonchev–Trinajstić information content (AvgIpc) is 2.99. The molecule has 1 aromatic rings. The van der Waals surface area contributed by atoms with Crippen LogP contribution in [-0.2, 0) is 14.8 Å². The largest absolute Gasteiger partial charge is 0.481 e. The van der Waals surface area contributed by atoms with Crippen molar-refractivity contribution in [3.05, 3.63) is 16.5 Å². The number of amides is 2. The predicted molar refractivity (Wildman–Crippen MR) is 89.8 cm³/mol. The topological polar surface area (TPSA) is 116 Å². The number of nitrogens with one attached hydrogen (secondary N) is 2. The second kappa shape index (κ2) is 8.15. The first-order valence-corrected chi connectivity index (χ1v) is 9.98. The normalized spacial score (nSPS) is 18.4. The van der Waals surface area contributed by atoms with Crippen molar-refractivity contribution in [3.8, 4) is 0 Å². The van der Waals surface area contributed by atoms with Gasteiger partial charge in [-0.1, -0.05) is 11.6 Å². The molecule has 2 rings (SSSR count). The Morgan fingerprint density at radius 3 is 2.75 bits per heavy atom. The van der Waals surface area contributed by atoms with Gasteiger partial charge in [-0.2, -0.15) is 0 Å². The van der Waals surface area contributed by atoms with E-state index in [1.807, 2.05) is 0 Å². The molecule has 0 spiro atoms. The van der Waals surface area contributed by atoms with E-state index in [1.165, 1.54) is 17.0 Å². The highest BCUT2D eigenvalue weighted by molar-refractivity contribution is 7.91. The van der Waals surface area contributed by atoms with Gasteiger partial charge in [-0.15, -0.1) is 11.3 Å². The minimum absolute atomic E-state index is 0.0276. The fourth-order valence-corrected chi connectivity index (χ4v) is 4.90. The average molecular weight is 396 g/mol. The lowest BCUT2D eigenvalue weighted by atomic mass is 9.99. The lowest BCUT2D eigenvalue weighted by molar-refractivity contribution is -0.143. The SMILES string of the molecule is O=C(O)C1CCCN(C(=O)NCCNS(=O)(=O)c2ccc(Cl)s2)C1. The molecule has 134 valence electrons. The lowest BCUT2D eigenvalue weighted by Gasteiger charge is -2.30. The summed E-state index contributed by atoms with van der Waals surface area (Å²) in [6.45, 7) is 0.792. The molecule has 8 nitrogen and oxygen atoms in total. The van der Waals surface area contributed by atoms with Gasteiger partial charge in [-0.05, 0) is 25.0 Å². The maximum atomic E-state index is 12.0. The molecule has 0 saturated carbocycles. The molecule has 1 atom stereocenters. The molecular formula is C13H18ClN3O5S2. The molecule has 0 bridgehead atoms. The zero-order chi connectivity index (χ0) is 17.7. The van der Waals surface area contributed by atoms with Gasteiger partial charge in [0.2, 0.25) is 10.0 Å². The number of nitrogens with zero attached hydrogens (tertiary/aromatic N) is 1. The van der Waals surface area contributed by atoms with Gasteiger partial charge in [0.05, 0.1) is 10.3 Å². The Balaban J connectivity index is 1.75. The number of carbonyl (C=O) groups excluding carboxylic acids is 1. The van der Waals surface area contributed by atoms with Crippen LogP contribution in [-0.4, -0.2) is 56.6 Å². The molecule has 1 aliphatic rings. The summed E-state index contributed by atoms with van der Waals surface area (Å²) in [7, 11) is -3.64. The summed E-state index contributed by atoms with van der Waals surface area (Å²) in [5.41, 5.74) is 0. The Bertz CT molecular complexity index is 706. The van der Waals surface area contributed by atoms with E-state index in [9.17, 15) is 18.0 Å². The third-order valence-electron chi connectivity index (χ3n) is 3.56. The summed E-state index contributed by atoms with van der Waals surface area (Å²) >= 11 is 6.66. The zero-order valence-electron chi connectivity index (χ0n) is 12.7. The van der Waals surface area contributed by atoms with E-state index in [0.717, 1.165) is 11.3 Å². The molecule has 1 aliphatic heterocycles. The molecule has 0 radical (unpaired) electrons. The van der Waals surface area contributed by atoms with Crippen LogP contribution in [0.2, 0.25) is 4.34 Å². The number of halogens is 1. The molecule has 2 heterocycles. The van der Waals surface area contributed by atoms with E-state index >= 15 is 0 Å². The van der Waals surface area contributed by atoms with Crippen molar-refractivity contribution in [1.82, 2.24) is 14.9 Å². The Kier molecular flexibility index (Phi) is 6.44. The van der Waals surface area contributed by atoms with E-state index in [-0.39, 0.29) is 29.9 Å². The molecule has 1 aromatic heterocycles. The molecular weight excluding hydrogens is 378 g/mol. The van der Waals surface area contributed by atoms with Crippen molar-refractivity contribution in [3.63, 3.8) is 0 Å². The van der Waals surface area contributed by atoms with Crippen LogP contribution in [0.4, 0.5) is 4.79 Å². The van der Waals surface area contributed by atoms with Gasteiger partial charge in [0, 0.05) is 26.2 Å². The number of thiophene rings is 1. The standard InChI is InChI=1S/C13H18ClN3O5S2/c14-10-3-4-11(23-10)24(21,22)16-6-5-15-13(20)17-7-1-2-9(8-17)12(18)19/h3-4,9,16H,1-2,5-8H2,(H,15,20)(H,18,19). The molecule has 0 aliphatic carbocycles. The minimum Gasteiger partial charge on any atom is -0.481 e. The van der Waals surface area contributed by atoms with E-state index in [4.69, 9.17) is 16.7 Å². The number of likely N-dealkylation sites (tertiary alicyclic amines) is 1. The van der Waals surface area contributed by atoms with Crippen LogP contribution in [0.25, 0.3) is 0 Å². The van der Waals surface area contributed by atoms with Gasteiger partial charge in [0.25, 0.3) is 0 Å². The Labute approximate surface area is 148 Å². The highest BCUT2D eigenvalue weighted by Gasteiger charge is 2.27. The monoisotopic (exact) mass is 395 g/mol. The van der Waals surface area contributed by atoms with Crippen LogP contribution in [0.5, 0.6) is 0 Å². The lowest BCUT2D eigenvalue weighted by Crippen LogP contribution is -2.48. The number of urea groups is 1. The second-order valence-electron chi connectivity index (χ2n) is 5.31. The van der Waals surface area contributed by atoms with Crippen molar-refractivity contribution >= 4 is 45.0 Å². The zero-order valence-corrected chi connectivity index (χ0v) is 15.1. The van der Waals surface area contributed by atoms with Crippen LogP contribution in [0.3, 0.4) is 0 Å². The number of carboxylic acid groups (broad SMARTS) is 1. The number of hydrogen-bond acceptors (Lipinski definition) is 5. The van der Waals surface area contributed by atoms with Crippen molar-refractivity contribution in [2.45, 2.75) is 17.1 Å². The molecule has 1 fully saturated rings. The molecule has 2 amide bonds. The molecule has 0 aromatic carbocycles. The second-order valence-corrected chi connectivity index (χ2v) is 9.02. The summed E-state index contributed by atoms with van der Waals surface area (Å²) in [6, 6.07) is 2.52. The van der Waals surface area contributed by atoms with E-state index in [1.54, 1.807) is 0 Å². The number of aliphatic carboxylic acids is 1. The number of carbonyl (C=O) groups is 2. The van der Waals surface area contributed by atoms with Crippen molar-refractivity contribution < 1.29 is 23.1 Å². The van der Waals surface area contributed by atoms with E-state index < -0.39 is 21.9 Å². The highest BCUT2D eigenvalue weighted by atomic mass is 35.5. The smallest absolute Gasteiger partial charge is 0.317 e. The predicted octanol–water partition coefficient (Wildman–Crippen LogP) is 1.19. The van der Waals surface area contributed by atoms with Gasteiger partial charge in [-0.25, -0.2) is 17.9 Å². The molecule has 11 heteroatoms. The fourth-order valence-electron chi connectivity index (χ4n) is 2.34. The molecule has 3 N–H and O–H groups in total. The van der Waals surface area contributed by atoms with Crippen molar-refractivity contribution in [1.29, 1.82) is 0 Å². The number of carboxylic acids is 1. The third-order valence-corrected chi connectivity index (χ3v) is 6.75. The fraction of sp³-hybridized carbons (Fsp3) is 0.538. The minimum atomic E-state index is -3.64. The van der Waals surface area contributed by atoms with Gasteiger partial charge >= 0.3 is 12.0 Å². The van der Waals surface area contributed by atoms with Gasteiger partial charge < -0.3 is 15.3 Å². The highest BCUT2D eigenvalue weighted by Crippen LogP contribution is 2.25. The van der Waals surface area contributed by atoms with Crippen LogP contribution in [0.1, 0.15) is 12.8 Å². The summed E-state index contributed by atoms with van der Waals surface area (Å²) in [5.74, 6) is -1.46. The number of hydrogen-bond donors (Lipinski definition) is 3. The third kappa shape index (κ3) is 5.07. The van der Waals surface area contributed by atoms with E-state index in [0.29, 0.717) is 23.7 Å². The van der Waals surface area contributed by atoms with Gasteiger partial charge in [0.15, 0.2) is 0 Å². The molecule has 1 unspecified atom stereocenters. The maximum absolute atomic E-state index is 12.0. The first-order chi connectivity index (χ1) is 11.3. The number of piperidine rings is 1. The quantitative estimate of drug-likeness (QED) is 0.625. The summed E-state index contributed by atoms with van der Waals surface area (Å²) in [4.78, 5) is 24.4. The first-order valence-electron chi connectivity index (χ1n) is 7.30. The summed E-state index contributed by atoms with van der Waals surface area (Å²) < 4.78 is 26.8. The van der Waals surface area contributed by atoms with E-state index in [2.05, 4.69) is 10.0 Å². The Hall–Kier alpha value is -1.36.